The Morgan fingerprint density at radius 2 is 2.15 bits per heavy atom. The van der Waals surface area contributed by atoms with E-state index in [0.717, 1.165) is 10.4 Å². The van der Waals surface area contributed by atoms with Gasteiger partial charge in [0.15, 0.2) is 0 Å². The smallest absolute Gasteiger partial charge is 0.274 e. The van der Waals surface area contributed by atoms with Gasteiger partial charge in [-0.3, -0.25) is 9.63 Å². The van der Waals surface area contributed by atoms with Gasteiger partial charge in [0.2, 0.25) is 0 Å². The van der Waals surface area contributed by atoms with Crippen LogP contribution in [0.2, 0.25) is 0 Å². The highest BCUT2D eigenvalue weighted by Crippen LogP contribution is 2.21. The van der Waals surface area contributed by atoms with Crippen molar-refractivity contribution in [1.29, 1.82) is 0 Å². The van der Waals surface area contributed by atoms with E-state index in [4.69, 9.17) is 4.84 Å². The van der Waals surface area contributed by atoms with Crippen molar-refractivity contribution in [2.75, 3.05) is 14.2 Å². The molecule has 0 saturated heterocycles. The molecule has 0 aliphatic rings. The maximum absolute atomic E-state index is 11.6. The van der Waals surface area contributed by atoms with E-state index in [0.29, 0.717) is 0 Å². The lowest BCUT2D eigenvalue weighted by molar-refractivity contribution is -0.0753. The van der Waals surface area contributed by atoms with Crippen LogP contribution >= 0.6 is 11.3 Å². The number of nitrogens with zero attached hydrogens (tertiary/aromatic N) is 1. The van der Waals surface area contributed by atoms with Gasteiger partial charge in [-0.25, -0.2) is 5.06 Å². The van der Waals surface area contributed by atoms with E-state index in [9.17, 15) is 4.79 Å². The van der Waals surface area contributed by atoms with Crippen LogP contribution < -0.4 is 0 Å². The summed E-state index contributed by atoms with van der Waals surface area (Å²) in [7, 11) is 3.08. The van der Waals surface area contributed by atoms with Gasteiger partial charge in [0.25, 0.3) is 5.91 Å². The zero-order chi connectivity index (χ0) is 10.0. The number of hydroxylamine groups is 2. The average Bonchev–Trinajstić information content (AvgIpc) is 2.44. The monoisotopic (exact) mass is 199 g/mol. The molecule has 0 saturated carbocycles. The summed E-state index contributed by atoms with van der Waals surface area (Å²) >= 11 is 1.49. The minimum absolute atomic E-state index is 0.0938. The van der Waals surface area contributed by atoms with Crippen LogP contribution in [0, 0.1) is 13.8 Å². The molecule has 0 radical (unpaired) electrons. The van der Waals surface area contributed by atoms with Crippen molar-refractivity contribution in [3.05, 3.63) is 21.4 Å². The Kier molecular flexibility index (Phi) is 3.06. The predicted octanol–water partition coefficient (Wildman–Crippen LogP) is 2.00. The Morgan fingerprint density at radius 1 is 1.54 bits per heavy atom. The van der Waals surface area contributed by atoms with E-state index in [2.05, 4.69) is 0 Å². The van der Waals surface area contributed by atoms with E-state index < -0.39 is 0 Å². The third kappa shape index (κ3) is 2.08. The van der Waals surface area contributed by atoms with Crippen molar-refractivity contribution >= 4 is 17.2 Å². The topological polar surface area (TPSA) is 29.5 Å². The maximum Gasteiger partial charge on any atom is 0.287 e. The SMILES string of the molecule is CON(C)C(=O)c1cc(C)c(C)s1. The zero-order valence-electron chi connectivity index (χ0n) is 8.25. The van der Waals surface area contributed by atoms with Gasteiger partial charge in [-0.05, 0) is 25.5 Å². The van der Waals surface area contributed by atoms with Crippen LogP contribution in [0.3, 0.4) is 0 Å². The minimum atomic E-state index is -0.0938. The molecule has 1 amide bonds. The fourth-order valence-electron chi connectivity index (χ4n) is 0.917. The Labute approximate surface area is 81.9 Å². The molecule has 3 nitrogen and oxygen atoms in total. The molecular formula is C9H13NO2S. The first kappa shape index (κ1) is 10.2. The number of amides is 1. The zero-order valence-corrected chi connectivity index (χ0v) is 9.07. The van der Waals surface area contributed by atoms with Crippen LogP contribution in [-0.4, -0.2) is 25.1 Å². The maximum atomic E-state index is 11.6. The third-order valence-corrected chi connectivity index (χ3v) is 3.08. The van der Waals surface area contributed by atoms with Gasteiger partial charge in [0, 0.05) is 11.9 Å². The summed E-state index contributed by atoms with van der Waals surface area (Å²) in [4.78, 5) is 18.3. The Bertz CT molecular complexity index is 300. The van der Waals surface area contributed by atoms with E-state index in [1.165, 1.54) is 28.4 Å². The van der Waals surface area contributed by atoms with Crippen molar-refractivity contribution in [1.82, 2.24) is 5.06 Å². The van der Waals surface area contributed by atoms with Crippen molar-refractivity contribution in [3.8, 4) is 0 Å². The molecule has 0 aliphatic carbocycles. The molecule has 0 bridgehead atoms. The molecule has 0 atom stereocenters. The number of hydrogen-bond acceptors (Lipinski definition) is 3. The van der Waals surface area contributed by atoms with Crippen LogP contribution in [0.1, 0.15) is 20.1 Å². The molecule has 13 heavy (non-hydrogen) atoms. The highest BCUT2D eigenvalue weighted by Gasteiger charge is 2.14. The lowest BCUT2D eigenvalue weighted by atomic mass is 10.3. The summed E-state index contributed by atoms with van der Waals surface area (Å²) in [5.74, 6) is -0.0938. The molecule has 72 valence electrons. The second-order valence-corrected chi connectivity index (χ2v) is 4.09. The molecule has 4 heteroatoms. The molecule has 1 aromatic rings. The van der Waals surface area contributed by atoms with E-state index >= 15 is 0 Å². The lowest BCUT2D eigenvalue weighted by Gasteiger charge is -2.11. The van der Waals surface area contributed by atoms with Gasteiger partial charge in [0.1, 0.15) is 0 Å². The fraction of sp³-hybridized carbons (Fsp3) is 0.444. The molecule has 1 aromatic heterocycles. The number of aryl methyl sites for hydroxylation is 2. The second-order valence-electron chi connectivity index (χ2n) is 2.84. The molecular weight excluding hydrogens is 186 g/mol. The number of hydrogen-bond donors (Lipinski definition) is 0. The lowest BCUT2D eigenvalue weighted by Crippen LogP contribution is -2.24. The van der Waals surface area contributed by atoms with Gasteiger partial charge >= 0.3 is 0 Å². The first-order valence-electron chi connectivity index (χ1n) is 3.95. The quantitative estimate of drug-likeness (QED) is 0.682. The second kappa shape index (κ2) is 3.89. The normalized spacial score (nSPS) is 10.2. The molecule has 1 rings (SSSR count). The average molecular weight is 199 g/mol. The van der Waals surface area contributed by atoms with Crippen LogP contribution in [0.4, 0.5) is 0 Å². The predicted molar refractivity (Wildman–Crippen MR) is 52.9 cm³/mol. The number of carbonyl (C=O) groups excluding carboxylic acids is 1. The third-order valence-electron chi connectivity index (χ3n) is 1.94. The largest absolute Gasteiger partial charge is 0.287 e. The van der Waals surface area contributed by atoms with Crippen molar-refractivity contribution < 1.29 is 9.63 Å². The van der Waals surface area contributed by atoms with Crippen molar-refractivity contribution in [2.45, 2.75) is 13.8 Å². The summed E-state index contributed by atoms with van der Waals surface area (Å²) in [6, 6.07) is 1.89. The van der Waals surface area contributed by atoms with Crippen LogP contribution in [0.5, 0.6) is 0 Å². The minimum Gasteiger partial charge on any atom is -0.274 e. The summed E-state index contributed by atoms with van der Waals surface area (Å²) in [6.07, 6.45) is 0. The van der Waals surface area contributed by atoms with Gasteiger partial charge < -0.3 is 0 Å². The summed E-state index contributed by atoms with van der Waals surface area (Å²) in [6.45, 7) is 4.00. The van der Waals surface area contributed by atoms with Crippen molar-refractivity contribution in [3.63, 3.8) is 0 Å². The Morgan fingerprint density at radius 3 is 2.54 bits per heavy atom. The van der Waals surface area contributed by atoms with Gasteiger partial charge in [-0.15, -0.1) is 11.3 Å². The van der Waals surface area contributed by atoms with Crippen LogP contribution in [-0.2, 0) is 4.84 Å². The Balaban J connectivity index is 2.89. The molecule has 0 aliphatic heterocycles. The van der Waals surface area contributed by atoms with E-state index in [-0.39, 0.29) is 5.91 Å². The van der Waals surface area contributed by atoms with Gasteiger partial charge in [-0.2, -0.15) is 0 Å². The first-order chi connectivity index (χ1) is 6.06. The van der Waals surface area contributed by atoms with Gasteiger partial charge in [0.05, 0.1) is 12.0 Å². The number of carbonyl (C=O) groups is 1. The number of rotatable bonds is 2. The molecule has 1 heterocycles. The molecule has 0 aromatic carbocycles. The molecule has 0 unspecified atom stereocenters. The Hall–Kier alpha value is -0.870. The molecule has 0 fully saturated rings. The number of thiophene rings is 1. The van der Waals surface area contributed by atoms with Crippen LogP contribution in [0.15, 0.2) is 6.07 Å². The molecule has 0 spiro atoms. The van der Waals surface area contributed by atoms with E-state index in [1.807, 2.05) is 19.9 Å². The van der Waals surface area contributed by atoms with E-state index in [1.54, 1.807) is 7.05 Å². The standard InChI is InChI=1S/C9H13NO2S/c1-6-5-8(13-7(6)2)9(11)10(3)12-4/h5H,1-4H3. The summed E-state index contributed by atoms with van der Waals surface area (Å²) < 4.78 is 0. The highest BCUT2D eigenvalue weighted by atomic mass is 32.1. The highest BCUT2D eigenvalue weighted by molar-refractivity contribution is 7.14. The first-order valence-corrected chi connectivity index (χ1v) is 4.77. The van der Waals surface area contributed by atoms with Crippen LogP contribution in [0.25, 0.3) is 0 Å². The van der Waals surface area contributed by atoms with Crippen molar-refractivity contribution in [2.24, 2.45) is 0 Å². The summed E-state index contributed by atoms with van der Waals surface area (Å²) in [5, 5.41) is 1.23. The molecule has 0 N–H and O–H groups in total. The van der Waals surface area contributed by atoms with Gasteiger partial charge in [-0.1, -0.05) is 0 Å². The summed E-state index contributed by atoms with van der Waals surface area (Å²) in [5.41, 5.74) is 1.15. The fourth-order valence-corrected chi connectivity index (χ4v) is 1.92.